The average Bonchev–Trinajstić information content (AvgIpc) is 3.09. The SMILES string of the molecule is Cc1cc(C)cc(N2C(=O)CS[C@@H]2c2ccc(NC(=O)c3ccccc3Cl)cc2)c1. The Morgan fingerprint density at radius 1 is 1.03 bits per heavy atom. The molecule has 1 atom stereocenters. The molecular weight excluding hydrogens is 416 g/mol. The summed E-state index contributed by atoms with van der Waals surface area (Å²) in [5, 5.41) is 3.20. The van der Waals surface area contributed by atoms with Gasteiger partial charge in [-0.2, -0.15) is 0 Å². The van der Waals surface area contributed by atoms with Gasteiger partial charge in [0.15, 0.2) is 0 Å². The number of amides is 2. The van der Waals surface area contributed by atoms with E-state index in [1.165, 1.54) is 0 Å². The molecule has 1 aliphatic heterocycles. The molecule has 152 valence electrons. The van der Waals surface area contributed by atoms with E-state index in [-0.39, 0.29) is 17.2 Å². The van der Waals surface area contributed by atoms with Crippen LogP contribution in [-0.2, 0) is 4.79 Å². The van der Waals surface area contributed by atoms with Crippen LogP contribution in [0.25, 0.3) is 0 Å². The molecule has 0 bridgehead atoms. The minimum atomic E-state index is -0.254. The molecule has 1 heterocycles. The number of carbonyl (C=O) groups is 2. The predicted molar refractivity (Wildman–Crippen MR) is 124 cm³/mol. The second-order valence-corrected chi connectivity index (χ2v) is 8.80. The largest absolute Gasteiger partial charge is 0.322 e. The third kappa shape index (κ3) is 4.23. The van der Waals surface area contributed by atoms with Crippen LogP contribution in [0.2, 0.25) is 5.02 Å². The Morgan fingerprint density at radius 2 is 1.70 bits per heavy atom. The first-order valence-electron chi connectivity index (χ1n) is 9.60. The summed E-state index contributed by atoms with van der Waals surface area (Å²) in [5.74, 6) is 0.296. The predicted octanol–water partition coefficient (Wildman–Crippen LogP) is 5.99. The van der Waals surface area contributed by atoms with E-state index in [1.54, 1.807) is 36.0 Å². The average molecular weight is 437 g/mol. The second-order valence-electron chi connectivity index (χ2n) is 7.33. The number of nitrogens with one attached hydrogen (secondary N) is 1. The fraction of sp³-hybridized carbons (Fsp3) is 0.167. The number of hydrogen-bond donors (Lipinski definition) is 1. The molecule has 6 heteroatoms. The van der Waals surface area contributed by atoms with Crippen LogP contribution in [0.4, 0.5) is 11.4 Å². The standard InChI is InChI=1S/C24H21ClN2O2S/c1-15-11-16(2)13-19(12-15)27-22(28)14-30-24(27)17-7-9-18(10-8-17)26-23(29)20-5-3-4-6-21(20)25/h3-13,24H,14H2,1-2H3,(H,26,29)/t24-/m1/s1. The topological polar surface area (TPSA) is 49.4 Å². The van der Waals surface area contributed by atoms with Crippen LogP contribution in [0.5, 0.6) is 0 Å². The van der Waals surface area contributed by atoms with Crippen molar-refractivity contribution in [2.24, 2.45) is 0 Å². The summed E-state index contributed by atoms with van der Waals surface area (Å²) in [4.78, 5) is 26.9. The highest BCUT2D eigenvalue weighted by atomic mass is 35.5. The van der Waals surface area contributed by atoms with Crippen LogP contribution < -0.4 is 10.2 Å². The van der Waals surface area contributed by atoms with Crippen LogP contribution in [0.3, 0.4) is 0 Å². The molecule has 4 rings (SSSR count). The number of nitrogens with zero attached hydrogens (tertiary/aromatic N) is 1. The zero-order valence-corrected chi connectivity index (χ0v) is 18.3. The fourth-order valence-corrected chi connectivity index (χ4v) is 5.01. The summed E-state index contributed by atoms with van der Waals surface area (Å²) in [6.45, 7) is 4.07. The Kier molecular flexibility index (Phi) is 5.84. The number of rotatable bonds is 4. The van der Waals surface area contributed by atoms with E-state index in [0.717, 1.165) is 22.4 Å². The van der Waals surface area contributed by atoms with Gasteiger partial charge in [0.25, 0.3) is 5.91 Å². The molecule has 0 radical (unpaired) electrons. The van der Waals surface area contributed by atoms with Crippen molar-refractivity contribution >= 4 is 46.6 Å². The summed E-state index contributed by atoms with van der Waals surface area (Å²) in [7, 11) is 0. The summed E-state index contributed by atoms with van der Waals surface area (Å²) < 4.78 is 0. The van der Waals surface area contributed by atoms with Crippen LogP contribution in [0, 0.1) is 13.8 Å². The van der Waals surface area contributed by atoms with Crippen LogP contribution in [0.1, 0.15) is 32.4 Å². The van der Waals surface area contributed by atoms with Crippen molar-refractivity contribution in [3.05, 3.63) is 94.0 Å². The molecule has 4 nitrogen and oxygen atoms in total. The molecular formula is C24H21ClN2O2S. The lowest BCUT2D eigenvalue weighted by molar-refractivity contribution is -0.115. The third-order valence-corrected chi connectivity index (χ3v) is 6.47. The molecule has 30 heavy (non-hydrogen) atoms. The Labute approximate surface area is 185 Å². The number of carbonyl (C=O) groups excluding carboxylic acids is 2. The van der Waals surface area contributed by atoms with Gasteiger partial charge in [0, 0.05) is 11.4 Å². The fourth-order valence-electron chi connectivity index (χ4n) is 3.61. The molecule has 1 fully saturated rings. The lowest BCUT2D eigenvalue weighted by atomic mass is 10.1. The minimum Gasteiger partial charge on any atom is -0.322 e. The van der Waals surface area contributed by atoms with Gasteiger partial charge in [-0.05, 0) is 66.9 Å². The quantitative estimate of drug-likeness (QED) is 0.546. The van der Waals surface area contributed by atoms with E-state index in [9.17, 15) is 9.59 Å². The zero-order chi connectivity index (χ0) is 21.3. The summed E-state index contributed by atoms with van der Waals surface area (Å²) in [6, 6.07) is 20.7. The number of anilines is 2. The molecule has 1 aliphatic rings. The van der Waals surface area contributed by atoms with Gasteiger partial charge < -0.3 is 5.32 Å². The number of hydrogen-bond acceptors (Lipinski definition) is 3. The Morgan fingerprint density at radius 3 is 2.37 bits per heavy atom. The van der Waals surface area contributed by atoms with Gasteiger partial charge in [-0.3, -0.25) is 14.5 Å². The van der Waals surface area contributed by atoms with E-state index >= 15 is 0 Å². The van der Waals surface area contributed by atoms with Crippen LogP contribution in [-0.4, -0.2) is 17.6 Å². The Balaban J connectivity index is 1.55. The van der Waals surface area contributed by atoms with Crippen molar-refractivity contribution in [3.63, 3.8) is 0 Å². The maximum Gasteiger partial charge on any atom is 0.257 e. The van der Waals surface area contributed by atoms with Gasteiger partial charge in [-0.25, -0.2) is 0 Å². The summed E-state index contributed by atoms with van der Waals surface area (Å²) in [6.07, 6.45) is 0. The van der Waals surface area contributed by atoms with E-state index in [1.807, 2.05) is 55.1 Å². The van der Waals surface area contributed by atoms with Gasteiger partial charge in [0.05, 0.1) is 16.3 Å². The summed E-state index contributed by atoms with van der Waals surface area (Å²) in [5.41, 5.74) is 5.30. The first-order valence-corrected chi connectivity index (χ1v) is 11.0. The van der Waals surface area contributed by atoms with E-state index in [0.29, 0.717) is 22.0 Å². The molecule has 0 aromatic heterocycles. The Bertz CT molecular complexity index is 1090. The first-order chi connectivity index (χ1) is 14.4. The third-order valence-electron chi connectivity index (χ3n) is 4.92. The van der Waals surface area contributed by atoms with Crippen molar-refractivity contribution in [1.29, 1.82) is 0 Å². The van der Waals surface area contributed by atoms with Crippen molar-refractivity contribution < 1.29 is 9.59 Å². The maximum absolute atomic E-state index is 12.6. The molecule has 0 unspecified atom stereocenters. The summed E-state index contributed by atoms with van der Waals surface area (Å²) >= 11 is 7.71. The number of aryl methyl sites for hydroxylation is 2. The van der Waals surface area contributed by atoms with E-state index in [4.69, 9.17) is 11.6 Å². The van der Waals surface area contributed by atoms with Crippen molar-refractivity contribution in [2.45, 2.75) is 19.2 Å². The van der Waals surface area contributed by atoms with Crippen molar-refractivity contribution in [3.8, 4) is 0 Å². The van der Waals surface area contributed by atoms with Crippen molar-refractivity contribution in [2.75, 3.05) is 16.0 Å². The van der Waals surface area contributed by atoms with Gasteiger partial charge in [-0.1, -0.05) is 41.9 Å². The van der Waals surface area contributed by atoms with E-state index < -0.39 is 0 Å². The van der Waals surface area contributed by atoms with Gasteiger partial charge in [-0.15, -0.1) is 11.8 Å². The van der Waals surface area contributed by atoms with Gasteiger partial charge in [0.1, 0.15) is 5.37 Å². The highest BCUT2D eigenvalue weighted by Gasteiger charge is 2.34. The monoisotopic (exact) mass is 436 g/mol. The van der Waals surface area contributed by atoms with Gasteiger partial charge in [0.2, 0.25) is 5.91 Å². The molecule has 3 aromatic carbocycles. The van der Waals surface area contributed by atoms with Crippen LogP contribution >= 0.6 is 23.4 Å². The van der Waals surface area contributed by atoms with Gasteiger partial charge >= 0.3 is 0 Å². The minimum absolute atomic E-state index is 0.0907. The lowest BCUT2D eigenvalue weighted by Gasteiger charge is -2.25. The second kappa shape index (κ2) is 8.54. The van der Waals surface area contributed by atoms with E-state index in [2.05, 4.69) is 11.4 Å². The van der Waals surface area contributed by atoms with Crippen molar-refractivity contribution in [1.82, 2.24) is 0 Å². The molecule has 0 saturated carbocycles. The lowest BCUT2D eigenvalue weighted by Crippen LogP contribution is -2.28. The number of benzene rings is 3. The first kappa shape index (κ1) is 20.5. The number of halogens is 1. The maximum atomic E-state index is 12.6. The smallest absolute Gasteiger partial charge is 0.257 e. The van der Waals surface area contributed by atoms with Crippen LogP contribution in [0.15, 0.2) is 66.7 Å². The normalized spacial score (nSPS) is 16.0. The number of thioether (sulfide) groups is 1. The molecule has 1 N–H and O–H groups in total. The molecule has 0 spiro atoms. The molecule has 3 aromatic rings. The molecule has 1 saturated heterocycles. The molecule has 2 amide bonds. The zero-order valence-electron chi connectivity index (χ0n) is 16.7. The highest BCUT2D eigenvalue weighted by molar-refractivity contribution is 8.00. The molecule has 0 aliphatic carbocycles. The Hall–Kier alpha value is -2.76. The highest BCUT2D eigenvalue weighted by Crippen LogP contribution is 2.42.